The smallest absolute Gasteiger partial charge is 0.223 e. The molecular weight excluding hydrogens is 317 g/mol. The second-order valence-electron chi connectivity index (χ2n) is 3.69. The van der Waals surface area contributed by atoms with Crippen LogP contribution in [0.1, 0.15) is 5.82 Å². The number of benzene rings is 1. The third kappa shape index (κ3) is 2.26. The molecule has 1 aromatic carbocycles. The van der Waals surface area contributed by atoms with Crippen molar-refractivity contribution in [2.45, 2.75) is 12.1 Å². The highest BCUT2D eigenvalue weighted by molar-refractivity contribution is 6.34. The molecule has 10 heteroatoms. The zero-order valence-electron chi connectivity index (χ0n) is 9.07. The standard InChI is InChI=1S/C10H2ClF7N2/c11-7-4-1-3(12)2-5(13)6(4)19-8(20-7)9(14,15)10(16,17)18/h1-2H. The van der Waals surface area contributed by atoms with Crippen LogP contribution < -0.4 is 0 Å². The SMILES string of the molecule is Fc1cc(F)c2nc(C(F)(F)C(F)(F)F)nc(Cl)c2c1. The number of alkyl halides is 5. The Morgan fingerprint density at radius 3 is 2.10 bits per heavy atom. The quantitative estimate of drug-likeness (QED) is 0.581. The number of hydrogen-bond donors (Lipinski definition) is 0. The van der Waals surface area contributed by atoms with E-state index >= 15 is 0 Å². The summed E-state index contributed by atoms with van der Waals surface area (Å²) in [5.41, 5.74) is -0.926. The van der Waals surface area contributed by atoms with Gasteiger partial charge in [-0.2, -0.15) is 22.0 Å². The lowest BCUT2D eigenvalue weighted by Crippen LogP contribution is -2.35. The van der Waals surface area contributed by atoms with Crippen molar-refractivity contribution in [3.05, 3.63) is 34.7 Å². The Kier molecular flexibility index (Phi) is 3.28. The Bertz CT molecular complexity index is 683. The summed E-state index contributed by atoms with van der Waals surface area (Å²) < 4.78 is 89.0. The van der Waals surface area contributed by atoms with Gasteiger partial charge in [0, 0.05) is 11.5 Å². The van der Waals surface area contributed by atoms with Crippen LogP contribution in [0.3, 0.4) is 0 Å². The van der Waals surface area contributed by atoms with E-state index in [4.69, 9.17) is 11.6 Å². The lowest BCUT2D eigenvalue weighted by atomic mass is 10.2. The molecule has 0 spiro atoms. The topological polar surface area (TPSA) is 25.8 Å². The molecule has 2 nitrogen and oxygen atoms in total. The molecule has 0 bridgehead atoms. The van der Waals surface area contributed by atoms with Crippen molar-refractivity contribution in [2.75, 3.05) is 0 Å². The molecule has 0 aliphatic rings. The first-order valence-corrected chi connectivity index (χ1v) is 5.19. The highest BCUT2D eigenvalue weighted by Crippen LogP contribution is 2.43. The Hall–Kier alpha value is -1.64. The molecule has 2 aromatic rings. The van der Waals surface area contributed by atoms with E-state index in [-0.39, 0.29) is 6.07 Å². The third-order valence-corrected chi connectivity index (χ3v) is 2.60. The normalized spacial score (nSPS) is 13.0. The van der Waals surface area contributed by atoms with E-state index in [0.717, 1.165) is 0 Å². The average molecular weight is 319 g/mol. The second kappa shape index (κ2) is 4.44. The maximum Gasteiger partial charge on any atom is 0.461 e. The van der Waals surface area contributed by atoms with Gasteiger partial charge in [-0.15, -0.1) is 0 Å². The van der Waals surface area contributed by atoms with Crippen molar-refractivity contribution >= 4 is 22.5 Å². The van der Waals surface area contributed by atoms with E-state index in [0.29, 0.717) is 6.07 Å². The van der Waals surface area contributed by atoms with Gasteiger partial charge in [0.05, 0.1) is 0 Å². The molecule has 20 heavy (non-hydrogen) atoms. The van der Waals surface area contributed by atoms with Gasteiger partial charge in [-0.05, 0) is 6.07 Å². The largest absolute Gasteiger partial charge is 0.461 e. The van der Waals surface area contributed by atoms with Gasteiger partial charge in [0.25, 0.3) is 0 Å². The van der Waals surface area contributed by atoms with Gasteiger partial charge in [-0.3, -0.25) is 0 Å². The summed E-state index contributed by atoms with van der Waals surface area (Å²) in [5, 5.41) is -1.42. The Morgan fingerprint density at radius 1 is 0.950 bits per heavy atom. The van der Waals surface area contributed by atoms with Crippen LogP contribution in [0.2, 0.25) is 5.15 Å². The minimum absolute atomic E-state index is 0.279. The molecule has 0 radical (unpaired) electrons. The van der Waals surface area contributed by atoms with E-state index in [2.05, 4.69) is 9.97 Å². The summed E-state index contributed by atoms with van der Waals surface area (Å²) >= 11 is 5.38. The van der Waals surface area contributed by atoms with E-state index in [1.54, 1.807) is 0 Å². The van der Waals surface area contributed by atoms with Gasteiger partial charge in [-0.25, -0.2) is 18.7 Å². The molecule has 0 amide bonds. The molecular formula is C10H2ClF7N2. The van der Waals surface area contributed by atoms with E-state index in [1.165, 1.54) is 0 Å². The molecule has 0 aliphatic carbocycles. The lowest BCUT2D eigenvalue weighted by Gasteiger charge is -2.18. The fraction of sp³-hybridized carbons (Fsp3) is 0.200. The third-order valence-electron chi connectivity index (χ3n) is 2.31. The van der Waals surface area contributed by atoms with Crippen LogP contribution in [-0.2, 0) is 5.92 Å². The van der Waals surface area contributed by atoms with Crippen LogP contribution in [0.25, 0.3) is 10.9 Å². The maximum absolute atomic E-state index is 13.4. The summed E-state index contributed by atoms with van der Waals surface area (Å²) in [6.45, 7) is 0. The van der Waals surface area contributed by atoms with Crippen molar-refractivity contribution < 1.29 is 30.7 Å². The van der Waals surface area contributed by atoms with Crippen molar-refractivity contribution in [3.8, 4) is 0 Å². The summed E-state index contributed by atoms with van der Waals surface area (Å²) in [5.74, 6) is -9.95. The fourth-order valence-electron chi connectivity index (χ4n) is 1.39. The average Bonchev–Trinajstić information content (AvgIpc) is 2.28. The number of fused-ring (bicyclic) bond motifs is 1. The Labute approximate surface area is 111 Å². The predicted molar refractivity (Wildman–Crippen MR) is 54.4 cm³/mol. The summed E-state index contributed by atoms with van der Waals surface area (Å²) in [6.07, 6.45) is -5.97. The second-order valence-corrected chi connectivity index (χ2v) is 4.05. The number of rotatable bonds is 1. The minimum atomic E-state index is -5.97. The van der Waals surface area contributed by atoms with E-state index in [1.807, 2.05) is 0 Å². The molecule has 1 heterocycles. The first-order valence-electron chi connectivity index (χ1n) is 4.81. The number of nitrogens with zero attached hydrogens (tertiary/aromatic N) is 2. The highest BCUT2D eigenvalue weighted by Gasteiger charge is 2.61. The van der Waals surface area contributed by atoms with Crippen molar-refractivity contribution in [1.82, 2.24) is 9.97 Å². The van der Waals surface area contributed by atoms with Crippen molar-refractivity contribution in [2.24, 2.45) is 0 Å². The molecule has 2 rings (SSSR count). The summed E-state index contributed by atoms with van der Waals surface area (Å²) in [6, 6.07) is 0.900. The fourth-order valence-corrected chi connectivity index (χ4v) is 1.61. The number of aromatic nitrogens is 2. The molecule has 0 aliphatic heterocycles. The van der Waals surface area contributed by atoms with Crippen LogP contribution in [-0.4, -0.2) is 16.1 Å². The number of halogens is 8. The van der Waals surface area contributed by atoms with Gasteiger partial charge >= 0.3 is 12.1 Å². The van der Waals surface area contributed by atoms with Crippen LogP contribution in [0, 0.1) is 11.6 Å². The van der Waals surface area contributed by atoms with Gasteiger partial charge in [0.2, 0.25) is 5.82 Å². The lowest BCUT2D eigenvalue weighted by molar-refractivity contribution is -0.292. The van der Waals surface area contributed by atoms with Crippen molar-refractivity contribution in [1.29, 1.82) is 0 Å². The van der Waals surface area contributed by atoms with E-state index in [9.17, 15) is 30.7 Å². The van der Waals surface area contributed by atoms with E-state index < -0.39 is 45.6 Å². The summed E-state index contributed by atoms with van der Waals surface area (Å²) in [7, 11) is 0. The van der Waals surface area contributed by atoms with Crippen LogP contribution in [0.15, 0.2) is 12.1 Å². The first kappa shape index (κ1) is 14.8. The molecule has 1 aromatic heterocycles. The molecule has 0 fully saturated rings. The molecule has 0 atom stereocenters. The highest BCUT2D eigenvalue weighted by atomic mass is 35.5. The zero-order valence-corrected chi connectivity index (χ0v) is 9.83. The van der Waals surface area contributed by atoms with Crippen LogP contribution >= 0.6 is 11.6 Å². The molecule has 0 saturated heterocycles. The Morgan fingerprint density at radius 2 is 1.55 bits per heavy atom. The van der Waals surface area contributed by atoms with Gasteiger partial charge in [-0.1, -0.05) is 11.6 Å². The van der Waals surface area contributed by atoms with Crippen molar-refractivity contribution in [3.63, 3.8) is 0 Å². The number of hydrogen-bond acceptors (Lipinski definition) is 2. The van der Waals surface area contributed by atoms with Gasteiger partial charge in [0.1, 0.15) is 16.5 Å². The predicted octanol–water partition coefficient (Wildman–Crippen LogP) is 4.22. The Balaban J connectivity index is 2.77. The molecule has 0 N–H and O–H groups in total. The molecule has 0 saturated carbocycles. The van der Waals surface area contributed by atoms with Crippen LogP contribution in [0.4, 0.5) is 30.7 Å². The minimum Gasteiger partial charge on any atom is -0.223 e. The monoisotopic (exact) mass is 318 g/mol. The zero-order chi connectivity index (χ0) is 15.3. The first-order chi connectivity index (χ1) is 9.04. The van der Waals surface area contributed by atoms with Crippen LogP contribution in [0.5, 0.6) is 0 Å². The molecule has 0 unspecified atom stereocenters. The maximum atomic E-state index is 13.4. The van der Waals surface area contributed by atoms with Gasteiger partial charge in [0.15, 0.2) is 5.82 Å². The molecule has 108 valence electrons. The summed E-state index contributed by atoms with van der Waals surface area (Å²) in [4.78, 5) is 5.58. The van der Waals surface area contributed by atoms with Gasteiger partial charge < -0.3 is 0 Å².